The molecule has 0 aromatic rings. The Morgan fingerprint density at radius 1 is 1.00 bits per heavy atom. The smallest absolute Gasteiger partial charge is 1.00 e. The first-order valence-corrected chi connectivity index (χ1v) is 2.68. The minimum atomic E-state index is -4.61. The van der Waals surface area contributed by atoms with E-state index in [0.29, 0.717) is 0 Å². The molecule has 0 atom stereocenters. The topological polar surface area (TPSA) is 112 Å². The number of hydrogen-bond acceptors (Lipinski definition) is 4. The van der Waals surface area contributed by atoms with Gasteiger partial charge in [0, 0.05) is 0 Å². The fraction of sp³-hybridized carbons (Fsp3) is 0. The van der Waals surface area contributed by atoms with Crippen molar-refractivity contribution in [2.75, 3.05) is 0 Å². The average molecular weight is 196 g/mol. The molecule has 0 fully saturated rings. The zero-order valence-electron chi connectivity index (χ0n) is 7.50. The summed E-state index contributed by atoms with van der Waals surface area (Å²) < 4.78 is 0. The maximum atomic E-state index is 7.33. The minimum absolute atomic E-state index is 0. The second-order valence-corrected chi connectivity index (χ2v) is 1.80. The quantitative estimate of drug-likeness (QED) is 0.289. The largest absolute Gasteiger partial charge is 2.00 e. The van der Waals surface area contributed by atoms with Crippen LogP contribution >= 0.6 is 0 Å². The van der Waals surface area contributed by atoms with Crippen LogP contribution in [0, 0.1) is 0 Å². The maximum absolute atomic E-state index is 7.33. The SMILES string of the molecule is O.O[Si](O)(O)O.[Ca+2].[H-].[H-].[H-].[K+]. The average Bonchev–Trinajstić information content (AvgIpc) is 0.722. The molecule has 0 saturated heterocycles. The van der Waals surface area contributed by atoms with Crippen molar-refractivity contribution in [2.45, 2.75) is 0 Å². The van der Waals surface area contributed by atoms with Crippen LogP contribution < -0.4 is 51.4 Å². The Kier molecular flexibility index (Phi) is 27.8. The number of rotatable bonds is 0. The molecule has 0 radical (unpaired) electrons. The van der Waals surface area contributed by atoms with Crippen molar-refractivity contribution in [3.8, 4) is 0 Å². The summed E-state index contributed by atoms with van der Waals surface area (Å²) in [6.07, 6.45) is 0. The molecule has 0 aliphatic carbocycles. The van der Waals surface area contributed by atoms with E-state index in [0.717, 1.165) is 0 Å². The molecule has 0 aromatic heterocycles. The van der Waals surface area contributed by atoms with Gasteiger partial charge in [-0.3, -0.25) is 0 Å². The van der Waals surface area contributed by atoms with Gasteiger partial charge in [0.05, 0.1) is 0 Å². The zero-order valence-corrected chi connectivity index (χ0v) is 10.8. The summed E-state index contributed by atoms with van der Waals surface area (Å²) in [5, 5.41) is 0. The van der Waals surface area contributed by atoms with Crippen molar-refractivity contribution < 1.29 is 80.3 Å². The van der Waals surface area contributed by atoms with Crippen LogP contribution in [0.3, 0.4) is 0 Å². The molecule has 0 amide bonds. The molecule has 6 N–H and O–H groups in total. The van der Waals surface area contributed by atoms with Gasteiger partial charge in [-0.05, 0) is 0 Å². The first-order chi connectivity index (χ1) is 2.00. The second kappa shape index (κ2) is 9.91. The van der Waals surface area contributed by atoms with Gasteiger partial charge < -0.3 is 28.9 Å². The summed E-state index contributed by atoms with van der Waals surface area (Å²) in [6.45, 7) is 0. The van der Waals surface area contributed by atoms with Gasteiger partial charge in [-0.25, -0.2) is 0 Å². The van der Waals surface area contributed by atoms with E-state index in [-0.39, 0.29) is 98.9 Å². The van der Waals surface area contributed by atoms with Gasteiger partial charge in [-0.15, -0.1) is 0 Å². The summed E-state index contributed by atoms with van der Waals surface area (Å²) in [7, 11) is -4.61. The van der Waals surface area contributed by atoms with E-state index in [4.69, 9.17) is 19.2 Å². The van der Waals surface area contributed by atoms with Gasteiger partial charge in [-0.1, -0.05) is 0 Å². The Labute approximate surface area is 124 Å². The molecule has 0 saturated carbocycles. The fourth-order valence-corrected chi connectivity index (χ4v) is 0. The third kappa shape index (κ3) is 65.8. The summed E-state index contributed by atoms with van der Waals surface area (Å²) in [6, 6.07) is 0. The van der Waals surface area contributed by atoms with Crippen LogP contribution in [-0.2, 0) is 0 Å². The summed E-state index contributed by atoms with van der Waals surface area (Å²) >= 11 is 0. The van der Waals surface area contributed by atoms with Crippen LogP contribution in [-0.4, -0.2) is 71.4 Å². The van der Waals surface area contributed by atoms with E-state index in [1.165, 1.54) is 0 Å². The predicted molar refractivity (Wildman–Crippen MR) is 27.3 cm³/mol. The van der Waals surface area contributed by atoms with Gasteiger partial charge in [0.1, 0.15) is 0 Å². The van der Waals surface area contributed by atoms with Crippen LogP contribution in [0.1, 0.15) is 4.28 Å². The molecular weight excluding hydrogens is 187 g/mol. The molecule has 8 heavy (non-hydrogen) atoms. The Bertz CT molecular complexity index is 37.2. The van der Waals surface area contributed by atoms with Crippen LogP contribution in [0.15, 0.2) is 0 Å². The minimum Gasteiger partial charge on any atom is -1.00 e. The summed E-state index contributed by atoms with van der Waals surface area (Å²) in [5.74, 6) is 0. The number of hydrogen-bond donors (Lipinski definition) is 4. The molecule has 0 aliphatic rings. The molecule has 8 heteroatoms. The molecule has 0 bridgehead atoms. The molecule has 46 valence electrons. The van der Waals surface area contributed by atoms with Gasteiger partial charge in [0.15, 0.2) is 0 Å². The van der Waals surface area contributed by atoms with Crippen molar-refractivity contribution in [1.29, 1.82) is 0 Å². The van der Waals surface area contributed by atoms with E-state index in [1.54, 1.807) is 0 Å². The van der Waals surface area contributed by atoms with E-state index in [1.807, 2.05) is 0 Å². The zero-order chi connectivity index (χ0) is 4.50. The normalized spacial score (nSPS) is 7.50. The Balaban J connectivity index is -0.00000000533. The molecule has 5 nitrogen and oxygen atoms in total. The molecule has 0 rings (SSSR count). The summed E-state index contributed by atoms with van der Waals surface area (Å²) in [4.78, 5) is 29.3. The second-order valence-electron chi connectivity index (χ2n) is 0.600. The van der Waals surface area contributed by atoms with Crippen molar-refractivity contribution in [1.82, 2.24) is 0 Å². The first kappa shape index (κ1) is 22.4. The van der Waals surface area contributed by atoms with Gasteiger partial charge in [-0.2, -0.15) is 0 Å². The van der Waals surface area contributed by atoms with Gasteiger partial charge in [0.2, 0.25) is 0 Å². The van der Waals surface area contributed by atoms with E-state index >= 15 is 0 Å². The van der Waals surface area contributed by atoms with Gasteiger partial charge in [0.25, 0.3) is 0 Å². The van der Waals surface area contributed by atoms with E-state index in [2.05, 4.69) is 0 Å². The monoisotopic (exact) mass is 196 g/mol. The van der Waals surface area contributed by atoms with Crippen LogP contribution in [0.5, 0.6) is 0 Å². The summed E-state index contributed by atoms with van der Waals surface area (Å²) in [5.41, 5.74) is 0. The predicted octanol–water partition coefficient (Wildman–Crippen LogP) is -6.47. The van der Waals surface area contributed by atoms with Crippen molar-refractivity contribution in [3.63, 3.8) is 0 Å². The molecule has 0 unspecified atom stereocenters. The van der Waals surface area contributed by atoms with Crippen molar-refractivity contribution in [2.24, 2.45) is 0 Å². The van der Waals surface area contributed by atoms with E-state index in [9.17, 15) is 0 Å². The molecule has 0 spiro atoms. The fourth-order valence-electron chi connectivity index (χ4n) is 0. The van der Waals surface area contributed by atoms with Crippen LogP contribution in [0.25, 0.3) is 0 Å². The third-order valence-electron chi connectivity index (χ3n) is 0. The molecular formula is H9CaKO5Si. The Morgan fingerprint density at radius 3 is 1.00 bits per heavy atom. The molecule has 0 aliphatic heterocycles. The Hall–Kier alpha value is 2.91. The molecule has 0 aromatic carbocycles. The van der Waals surface area contributed by atoms with Crippen LogP contribution in [0.2, 0.25) is 0 Å². The van der Waals surface area contributed by atoms with Crippen molar-refractivity contribution >= 4 is 46.8 Å². The van der Waals surface area contributed by atoms with Crippen LogP contribution in [0.4, 0.5) is 0 Å². The third-order valence-corrected chi connectivity index (χ3v) is 0. The standard InChI is InChI=1S/Ca.K.H4O4Si.H2O.3H/c;;1-5(2,3)4;;;;/h;;1-4H;1H2;;;/q+2;+1;;;3*-1. The van der Waals surface area contributed by atoms with E-state index < -0.39 is 9.05 Å². The molecule has 0 heterocycles. The van der Waals surface area contributed by atoms with Gasteiger partial charge >= 0.3 is 98.2 Å². The van der Waals surface area contributed by atoms with Crippen molar-refractivity contribution in [3.05, 3.63) is 0 Å². The Morgan fingerprint density at radius 2 is 1.00 bits per heavy atom. The first-order valence-electron chi connectivity index (χ1n) is 0.894. The maximum Gasteiger partial charge on any atom is 2.00 e.